The number of carbonyl (C=O) groups excluding carboxylic acids is 4. The summed E-state index contributed by atoms with van der Waals surface area (Å²) < 4.78 is 0.736. The Morgan fingerprint density at radius 3 is 1.67 bits per heavy atom. The van der Waals surface area contributed by atoms with Crippen LogP contribution in [0, 0.1) is 0 Å². The van der Waals surface area contributed by atoms with Crippen LogP contribution in [0.5, 0.6) is 0 Å². The Balaban J connectivity index is 0. The van der Waals surface area contributed by atoms with Gasteiger partial charge in [0.1, 0.15) is 5.78 Å². The van der Waals surface area contributed by atoms with E-state index in [2.05, 4.69) is 5.32 Å². The van der Waals surface area contributed by atoms with Crippen molar-refractivity contribution in [3.63, 3.8) is 0 Å². The van der Waals surface area contributed by atoms with Gasteiger partial charge in [0.2, 0.25) is 49.6 Å². The van der Waals surface area contributed by atoms with Gasteiger partial charge in [-0.2, -0.15) is 0 Å². The van der Waals surface area contributed by atoms with Crippen molar-refractivity contribution < 1.29 is 19.2 Å². The summed E-state index contributed by atoms with van der Waals surface area (Å²) >= 11 is 0. The van der Waals surface area contributed by atoms with Crippen LogP contribution < -0.4 is 5.32 Å². The predicted octanol–water partition coefficient (Wildman–Crippen LogP) is -1.43. The van der Waals surface area contributed by atoms with Crippen molar-refractivity contribution >= 4 is 55.4 Å². The number of unbranched alkanes of at least 4 members (excludes halogenated alkanes) is 2. The maximum atomic E-state index is 11.9. The van der Waals surface area contributed by atoms with Gasteiger partial charge in [-0.15, -0.1) is 0 Å². The molecule has 0 unspecified atom stereocenters. The van der Waals surface area contributed by atoms with E-state index in [1.54, 1.807) is 0 Å². The average Bonchev–Trinajstić information content (AvgIpc) is 2.59. The van der Waals surface area contributed by atoms with Crippen LogP contribution in [0.1, 0.15) is 46.5 Å². The number of hydrogen-bond donors (Lipinski definition) is 1. The highest BCUT2D eigenvalue weighted by Gasteiger charge is 2.18. The van der Waals surface area contributed by atoms with E-state index in [1.165, 1.54) is 11.8 Å². The highest BCUT2D eigenvalue weighted by molar-refractivity contribution is 6.35. The molecule has 142 valence electrons. The normalized spacial score (nSPS) is 9.78. The molecule has 3 amide bonds. The Bertz CT molecular complexity index is 457. The van der Waals surface area contributed by atoms with E-state index in [1.807, 2.05) is 13.8 Å². The first kappa shape index (κ1) is 27.5. The molecule has 0 heterocycles. The Morgan fingerprint density at radius 1 is 0.778 bits per heavy atom. The van der Waals surface area contributed by atoms with E-state index in [9.17, 15) is 19.2 Å². The standard InChI is InChI=1S/C13H20B4N4O4.C2H6/c1-10(22)5-3-2-4-6-18-11(23)7-19(8-12(24)20(14)15)9-13(25)21(16)17;1-2/h2-9H2,1H3,(H,18,23);1-2H3. The van der Waals surface area contributed by atoms with Crippen LogP contribution in [0.4, 0.5) is 0 Å². The number of nitrogens with zero attached hydrogens (tertiary/aromatic N) is 3. The number of Topliss-reactive ketones (excluding diaryl/α,β-unsaturated/α-hetero) is 1. The molecule has 0 aliphatic carbocycles. The SMILES string of the molecule is CC.[B]N([B])C(=O)CN(CC(=O)NCCCCCC(C)=O)CC(=O)N([B])[B]. The van der Waals surface area contributed by atoms with Gasteiger partial charge in [0.05, 0.1) is 19.6 Å². The topological polar surface area (TPSA) is 90.0 Å². The summed E-state index contributed by atoms with van der Waals surface area (Å²) in [5.74, 6) is -1.62. The van der Waals surface area contributed by atoms with Crippen molar-refractivity contribution in [2.45, 2.75) is 46.5 Å². The summed E-state index contributed by atoms with van der Waals surface area (Å²) in [6.45, 7) is 5.03. The lowest BCUT2D eigenvalue weighted by atomic mass is 10.1. The molecule has 27 heavy (non-hydrogen) atoms. The van der Waals surface area contributed by atoms with Crippen LogP contribution in [-0.4, -0.2) is 96.0 Å². The van der Waals surface area contributed by atoms with Crippen molar-refractivity contribution in [2.75, 3.05) is 26.2 Å². The van der Waals surface area contributed by atoms with E-state index >= 15 is 0 Å². The minimum atomic E-state index is -0.689. The summed E-state index contributed by atoms with van der Waals surface area (Å²) in [4.78, 5) is 47.1. The highest BCUT2D eigenvalue weighted by Crippen LogP contribution is 1.99. The van der Waals surface area contributed by atoms with Crippen LogP contribution >= 0.6 is 0 Å². The molecule has 0 saturated carbocycles. The molecular formula is C15H26B4N4O4. The van der Waals surface area contributed by atoms with Gasteiger partial charge < -0.3 is 19.6 Å². The van der Waals surface area contributed by atoms with Gasteiger partial charge in [0.25, 0.3) is 0 Å². The third-order valence-electron chi connectivity index (χ3n) is 3.19. The first-order valence-corrected chi connectivity index (χ1v) is 8.76. The summed E-state index contributed by atoms with van der Waals surface area (Å²) in [5, 5.41) is 2.67. The van der Waals surface area contributed by atoms with Gasteiger partial charge in [0.15, 0.2) is 0 Å². The molecule has 0 aromatic rings. The quantitative estimate of drug-likeness (QED) is 0.336. The van der Waals surface area contributed by atoms with Crippen molar-refractivity contribution in [3.8, 4) is 0 Å². The molecule has 0 atom stereocenters. The van der Waals surface area contributed by atoms with Crippen molar-refractivity contribution in [1.82, 2.24) is 19.7 Å². The van der Waals surface area contributed by atoms with E-state index in [0.29, 0.717) is 22.4 Å². The fourth-order valence-corrected chi connectivity index (χ4v) is 1.88. The van der Waals surface area contributed by atoms with Crippen LogP contribution in [0.25, 0.3) is 0 Å². The Kier molecular flexibility index (Phi) is 16.8. The first-order valence-electron chi connectivity index (χ1n) is 8.76. The van der Waals surface area contributed by atoms with Crippen molar-refractivity contribution in [1.29, 1.82) is 0 Å². The Hall–Kier alpha value is -1.70. The number of ketones is 1. The lowest BCUT2D eigenvalue weighted by Crippen LogP contribution is -2.47. The fourth-order valence-electron chi connectivity index (χ4n) is 1.88. The second kappa shape index (κ2) is 16.5. The molecule has 0 aromatic carbocycles. The van der Waals surface area contributed by atoms with Crippen LogP contribution in [0.3, 0.4) is 0 Å². The Morgan fingerprint density at radius 2 is 1.26 bits per heavy atom. The first-order chi connectivity index (χ1) is 12.6. The third-order valence-corrected chi connectivity index (χ3v) is 3.19. The van der Waals surface area contributed by atoms with Crippen molar-refractivity contribution in [2.24, 2.45) is 0 Å². The number of hydrogen-bond acceptors (Lipinski definition) is 5. The van der Waals surface area contributed by atoms with Gasteiger partial charge >= 0.3 is 0 Å². The Labute approximate surface area is 167 Å². The van der Waals surface area contributed by atoms with E-state index < -0.39 is 11.8 Å². The van der Waals surface area contributed by atoms with Gasteiger partial charge in [0, 0.05) is 13.0 Å². The summed E-state index contributed by atoms with van der Waals surface area (Å²) in [6.07, 6.45) is 2.82. The molecule has 0 aliphatic rings. The van der Waals surface area contributed by atoms with Gasteiger partial charge in [-0.25, -0.2) is 0 Å². The number of amides is 3. The lowest BCUT2D eigenvalue weighted by Gasteiger charge is -2.24. The molecular weight excluding hydrogens is 343 g/mol. The number of rotatable bonds is 12. The minimum Gasteiger partial charge on any atom is -0.448 e. The van der Waals surface area contributed by atoms with Crippen molar-refractivity contribution in [3.05, 3.63) is 0 Å². The average molecular weight is 370 g/mol. The third kappa shape index (κ3) is 16.2. The van der Waals surface area contributed by atoms with E-state index in [4.69, 9.17) is 31.9 Å². The molecule has 0 fully saturated rings. The number of nitrogens with one attached hydrogen (secondary N) is 1. The molecule has 0 bridgehead atoms. The summed E-state index contributed by atoms with van der Waals surface area (Å²) in [6, 6.07) is 0. The van der Waals surface area contributed by atoms with Gasteiger partial charge in [-0.3, -0.25) is 19.3 Å². The molecule has 0 aliphatic heterocycles. The maximum Gasteiger partial charge on any atom is 0.234 e. The molecule has 12 heteroatoms. The second-order valence-corrected chi connectivity index (χ2v) is 5.61. The van der Waals surface area contributed by atoms with Crippen LogP contribution in [0.2, 0.25) is 0 Å². The largest absolute Gasteiger partial charge is 0.448 e. The molecule has 0 saturated heterocycles. The summed E-state index contributed by atoms with van der Waals surface area (Å²) in [7, 11) is 20.5. The fraction of sp³-hybridized carbons (Fsp3) is 0.733. The van der Waals surface area contributed by atoms with E-state index in [0.717, 1.165) is 19.3 Å². The smallest absolute Gasteiger partial charge is 0.234 e. The van der Waals surface area contributed by atoms with Crippen LogP contribution in [-0.2, 0) is 19.2 Å². The molecule has 1 N–H and O–H groups in total. The molecule has 8 radical (unpaired) electrons. The van der Waals surface area contributed by atoms with E-state index in [-0.39, 0.29) is 31.3 Å². The maximum absolute atomic E-state index is 11.9. The highest BCUT2D eigenvalue weighted by atomic mass is 16.2. The monoisotopic (exact) mass is 370 g/mol. The molecule has 8 nitrogen and oxygen atoms in total. The minimum absolute atomic E-state index is 0.136. The zero-order valence-corrected chi connectivity index (χ0v) is 16.4. The van der Waals surface area contributed by atoms with Gasteiger partial charge in [-0.05, 0) is 19.8 Å². The van der Waals surface area contributed by atoms with Gasteiger partial charge in [-0.1, -0.05) is 20.3 Å². The molecule has 0 rings (SSSR count). The molecule has 0 spiro atoms. The molecule has 0 aromatic heterocycles. The predicted molar refractivity (Wildman–Crippen MR) is 107 cm³/mol. The summed E-state index contributed by atoms with van der Waals surface area (Å²) in [5.41, 5.74) is 0. The second-order valence-electron chi connectivity index (χ2n) is 5.61. The van der Waals surface area contributed by atoms with Crippen LogP contribution in [0.15, 0.2) is 0 Å². The number of carbonyl (C=O) groups is 4. The lowest BCUT2D eigenvalue weighted by molar-refractivity contribution is -0.129. The zero-order valence-electron chi connectivity index (χ0n) is 16.4. The zero-order chi connectivity index (χ0) is 21.4.